The van der Waals surface area contributed by atoms with E-state index in [-0.39, 0.29) is 0 Å². The molecule has 2 rings (SSSR count). The monoisotopic (exact) mass is 327 g/mol. The highest BCUT2D eigenvalue weighted by Gasteiger charge is 2.45. The van der Waals surface area contributed by atoms with Crippen LogP contribution < -0.4 is 5.32 Å². The number of aliphatic imine (C=N–C) groups is 1. The second-order valence-electron chi connectivity index (χ2n) is 6.38. The lowest BCUT2D eigenvalue weighted by atomic mass is 10.1. The van der Waals surface area contributed by atoms with E-state index in [1.807, 2.05) is 0 Å². The molecule has 124 valence electrons. The number of ether oxygens (including phenoxy) is 1. The van der Waals surface area contributed by atoms with Crippen LogP contribution in [0.5, 0.6) is 0 Å². The van der Waals surface area contributed by atoms with Crippen LogP contribution in [-0.2, 0) is 4.74 Å². The standard InChI is InChI=1S/C15H26N3O3P/c1-10-17-12(16-2)6-8-18(10)15-14(20)13(19)11(21-15)7-9-22(3,4)5/h6,8,11,13-15,19-20H,1,3,7,9H2,2,4-5H3,(H,16,17)/t11-,13-,14-,15?/m1/s1. The average molecular weight is 327 g/mol. The van der Waals surface area contributed by atoms with Gasteiger partial charge in [-0.15, -0.1) is 13.2 Å². The normalized spacial score (nSPS) is 32.3. The van der Waals surface area contributed by atoms with Gasteiger partial charge in [-0.1, -0.05) is 6.58 Å². The van der Waals surface area contributed by atoms with Crippen molar-refractivity contribution in [3.05, 3.63) is 24.7 Å². The van der Waals surface area contributed by atoms with Crippen molar-refractivity contribution in [1.29, 1.82) is 0 Å². The summed E-state index contributed by atoms with van der Waals surface area (Å²) in [5, 5.41) is 23.4. The smallest absolute Gasteiger partial charge is 0.164 e. The van der Waals surface area contributed by atoms with Gasteiger partial charge in [0, 0.05) is 13.2 Å². The third kappa shape index (κ3) is 3.82. The lowest BCUT2D eigenvalue weighted by molar-refractivity contribution is -0.0578. The number of likely N-dealkylation sites (N-methyl/N-ethyl adjacent to an activating group) is 1. The highest BCUT2D eigenvalue weighted by molar-refractivity contribution is 7.72. The van der Waals surface area contributed by atoms with Crippen molar-refractivity contribution >= 4 is 19.0 Å². The molecule has 0 saturated carbocycles. The fraction of sp³-hybridized carbons (Fsp3) is 0.600. The van der Waals surface area contributed by atoms with E-state index < -0.39 is 31.4 Å². The van der Waals surface area contributed by atoms with Crippen LogP contribution >= 0.6 is 6.89 Å². The number of aliphatic hydroxyl groups excluding tert-OH is 2. The molecule has 4 atom stereocenters. The van der Waals surface area contributed by atoms with E-state index in [0.29, 0.717) is 18.1 Å². The quantitative estimate of drug-likeness (QED) is 0.654. The van der Waals surface area contributed by atoms with Crippen molar-refractivity contribution in [1.82, 2.24) is 10.2 Å². The number of rotatable bonds is 4. The van der Waals surface area contributed by atoms with E-state index >= 15 is 0 Å². The van der Waals surface area contributed by atoms with Gasteiger partial charge in [-0.2, -0.15) is 0 Å². The largest absolute Gasteiger partial charge is 0.388 e. The Hall–Kier alpha value is -1.07. The van der Waals surface area contributed by atoms with Gasteiger partial charge in [0.25, 0.3) is 0 Å². The molecule has 0 aromatic heterocycles. The molecule has 1 unspecified atom stereocenters. The van der Waals surface area contributed by atoms with Crippen molar-refractivity contribution in [3.8, 4) is 0 Å². The molecular weight excluding hydrogens is 301 g/mol. The maximum Gasteiger partial charge on any atom is 0.164 e. The summed E-state index contributed by atoms with van der Waals surface area (Å²) in [6.45, 7) is 6.98. The zero-order valence-electron chi connectivity index (χ0n) is 13.4. The minimum atomic E-state index is -1.19. The van der Waals surface area contributed by atoms with Crippen LogP contribution in [0.2, 0.25) is 0 Å². The zero-order chi connectivity index (χ0) is 16.5. The molecule has 2 heterocycles. The first-order chi connectivity index (χ1) is 10.2. The van der Waals surface area contributed by atoms with Crippen molar-refractivity contribution in [2.75, 3.05) is 26.5 Å². The van der Waals surface area contributed by atoms with Gasteiger partial charge in [-0.3, -0.25) is 0 Å². The number of aliphatic hydroxyl groups is 2. The Bertz CT molecular complexity index is 540. The number of amidine groups is 1. The molecule has 0 aliphatic carbocycles. The van der Waals surface area contributed by atoms with Crippen LogP contribution in [-0.4, -0.2) is 78.3 Å². The maximum atomic E-state index is 10.3. The van der Waals surface area contributed by atoms with Gasteiger partial charge in [0.1, 0.15) is 23.9 Å². The third-order valence-electron chi connectivity index (χ3n) is 3.83. The summed E-state index contributed by atoms with van der Waals surface area (Å²) in [4.78, 5) is 5.92. The van der Waals surface area contributed by atoms with Gasteiger partial charge < -0.3 is 25.2 Å². The first-order valence-corrected chi connectivity index (χ1v) is 10.4. The Balaban J connectivity index is 2.05. The Morgan fingerprint density at radius 2 is 2.09 bits per heavy atom. The molecule has 22 heavy (non-hydrogen) atoms. The molecule has 1 saturated heterocycles. The van der Waals surface area contributed by atoms with Gasteiger partial charge in [0.05, 0.1) is 6.10 Å². The molecule has 1 fully saturated rings. The van der Waals surface area contributed by atoms with Gasteiger partial charge >= 0.3 is 0 Å². The summed E-state index contributed by atoms with van der Waals surface area (Å²) in [5.74, 6) is 1.16. The fourth-order valence-electron chi connectivity index (χ4n) is 2.52. The number of hydrogen-bond donors (Lipinski definition) is 3. The summed E-state index contributed by atoms with van der Waals surface area (Å²) in [6, 6.07) is 0. The summed E-state index contributed by atoms with van der Waals surface area (Å²) in [6.07, 6.45) is 6.32. The van der Waals surface area contributed by atoms with E-state index in [4.69, 9.17) is 4.74 Å². The molecule has 0 spiro atoms. The Morgan fingerprint density at radius 1 is 1.41 bits per heavy atom. The molecule has 6 nitrogen and oxygen atoms in total. The van der Waals surface area contributed by atoms with Crippen LogP contribution in [0.4, 0.5) is 0 Å². The zero-order valence-corrected chi connectivity index (χ0v) is 14.3. The van der Waals surface area contributed by atoms with E-state index in [9.17, 15) is 10.2 Å². The number of hydrogen-bond acceptors (Lipinski definition) is 6. The molecule has 3 N–H and O–H groups in total. The van der Waals surface area contributed by atoms with E-state index in [1.54, 1.807) is 24.2 Å². The van der Waals surface area contributed by atoms with E-state index in [2.05, 4.69) is 36.5 Å². The molecule has 2 aliphatic heterocycles. The highest BCUT2D eigenvalue weighted by atomic mass is 31.2. The Kier molecular flexibility index (Phi) is 5.17. The van der Waals surface area contributed by atoms with Crippen LogP contribution in [0.1, 0.15) is 6.42 Å². The van der Waals surface area contributed by atoms with Crippen molar-refractivity contribution < 1.29 is 14.9 Å². The number of nitrogens with one attached hydrogen (secondary N) is 1. The summed E-state index contributed by atoms with van der Waals surface area (Å²) < 4.78 is 5.87. The molecule has 0 radical (unpaired) electrons. The number of nitrogens with zero attached hydrogens (tertiary/aromatic N) is 2. The van der Waals surface area contributed by atoms with Crippen LogP contribution in [0.25, 0.3) is 0 Å². The molecule has 7 heteroatoms. The van der Waals surface area contributed by atoms with Crippen molar-refractivity contribution in [3.63, 3.8) is 0 Å². The maximum absolute atomic E-state index is 10.3. The topological polar surface area (TPSA) is 77.3 Å². The fourth-order valence-corrected chi connectivity index (χ4v) is 3.47. The van der Waals surface area contributed by atoms with E-state index in [1.165, 1.54) is 0 Å². The third-order valence-corrected chi connectivity index (χ3v) is 5.30. The van der Waals surface area contributed by atoms with Gasteiger partial charge in [0.15, 0.2) is 6.23 Å². The van der Waals surface area contributed by atoms with Crippen molar-refractivity contribution in [2.24, 2.45) is 4.99 Å². The van der Waals surface area contributed by atoms with Crippen LogP contribution in [0.3, 0.4) is 0 Å². The van der Waals surface area contributed by atoms with E-state index in [0.717, 1.165) is 6.16 Å². The Morgan fingerprint density at radius 3 is 2.64 bits per heavy atom. The first-order valence-electron chi connectivity index (χ1n) is 7.34. The average Bonchev–Trinajstić information content (AvgIpc) is 2.72. The lowest BCUT2D eigenvalue weighted by Gasteiger charge is -2.30. The predicted molar refractivity (Wildman–Crippen MR) is 92.7 cm³/mol. The van der Waals surface area contributed by atoms with Crippen LogP contribution in [0.15, 0.2) is 29.7 Å². The first kappa shape index (κ1) is 17.3. The predicted octanol–water partition coefficient (Wildman–Crippen LogP) is 0.451. The van der Waals surface area contributed by atoms with Gasteiger partial charge in [-0.05, 0) is 32.0 Å². The molecule has 2 aliphatic rings. The van der Waals surface area contributed by atoms with Crippen molar-refractivity contribution in [2.45, 2.75) is 31.0 Å². The minimum absolute atomic E-state index is 0.392. The van der Waals surface area contributed by atoms with Gasteiger partial charge in [-0.25, -0.2) is 4.99 Å². The molecule has 0 bridgehead atoms. The molecule has 0 aromatic carbocycles. The summed E-state index contributed by atoms with van der Waals surface area (Å²) >= 11 is 0. The van der Waals surface area contributed by atoms with Gasteiger partial charge in [0.2, 0.25) is 0 Å². The Labute approximate surface area is 132 Å². The molecule has 0 amide bonds. The van der Waals surface area contributed by atoms with Crippen LogP contribution in [0, 0.1) is 0 Å². The second-order valence-corrected chi connectivity index (χ2v) is 10.7. The molecule has 0 aromatic rings. The second kappa shape index (κ2) is 6.59. The molecular formula is C15H26N3O3P. The lowest BCUT2D eigenvalue weighted by Crippen LogP contribution is -2.42. The highest BCUT2D eigenvalue weighted by Crippen LogP contribution is 2.38. The summed E-state index contributed by atoms with van der Waals surface area (Å²) in [7, 11) is 1.77. The SMILES string of the molecule is C=C1N=C(NC)C=CN1C1O[C@H](CCP(=C)(C)C)[C@@H](O)[C@H]1O. The minimum Gasteiger partial charge on any atom is -0.388 e. The summed E-state index contributed by atoms with van der Waals surface area (Å²) in [5.41, 5.74) is 0.